The molecule has 0 heterocycles. The zero-order valence-electron chi connectivity index (χ0n) is 16.3. The zero-order chi connectivity index (χ0) is 21.2. The molecule has 2 aromatic rings. The van der Waals surface area contributed by atoms with Crippen molar-refractivity contribution in [2.75, 3.05) is 5.75 Å². The second-order valence-electron chi connectivity index (χ2n) is 6.43. The number of rotatable bonds is 13. The number of halogens is 2. The first-order chi connectivity index (χ1) is 14.2. The van der Waals surface area contributed by atoms with Gasteiger partial charge in [0.15, 0.2) is 0 Å². The zero-order valence-corrected chi connectivity index (χ0v) is 21.7. The van der Waals surface area contributed by atoms with Gasteiger partial charge in [0.1, 0.15) is 0 Å². The average molecular weight is 655 g/mol. The Labute approximate surface area is 199 Å². The van der Waals surface area contributed by atoms with Gasteiger partial charge in [0.25, 0.3) is 0 Å². The van der Waals surface area contributed by atoms with Crippen LogP contribution in [-0.4, -0.2) is 22.1 Å². The van der Waals surface area contributed by atoms with Gasteiger partial charge in [-0.2, -0.15) is 23.5 Å². The van der Waals surface area contributed by atoms with Crippen molar-refractivity contribution >= 4 is 48.3 Å². The molecule has 0 bridgehead atoms. The topological polar surface area (TPSA) is 37.3 Å². The van der Waals surface area contributed by atoms with Gasteiger partial charge in [0.05, 0.1) is 0 Å². The average Bonchev–Trinajstić information content (AvgIpc) is 2.73. The van der Waals surface area contributed by atoms with E-state index in [0.717, 1.165) is 36.5 Å². The summed E-state index contributed by atoms with van der Waals surface area (Å²) in [6.45, 7) is 0. The molecular formula is C22H28Cl2O2PtS2. The molecule has 0 fully saturated rings. The first kappa shape index (κ1) is 26.9. The van der Waals surface area contributed by atoms with Crippen molar-refractivity contribution in [2.45, 2.75) is 48.9 Å². The first-order valence-corrected chi connectivity index (χ1v) is 17.3. The standard InChI is InChI=1S/C22H28O2S2.2ClH.Pt/c23-22(24)14-8-7-13-21(26-18-20-11-5-2-6-12-20)15-16-25-17-19-9-3-1-4-10-19;;;/h1-6,9-12,21H,7-8,13-18H2,(H,23,24);2*1H;/q;;;+2/p-2. The molecule has 1 unspecified atom stereocenters. The third kappa shape index (κ3) is 15.3. The van der Waals surface area contributed by atoms with Crippen molar-refractivity contribution in [3.8, 4) is 0 Å². The fourth-order valence-electron chi connectivity index (χ4n) is 2.73. The fourth-order valence-corrected chi connectivity index (χ4v) is 5.14. The van der Waals surface area contributed by atoms with Gasteiger partial charge < -0.3 is 5.11 Å². The number of carboxylic acids is 1. The van der Waals surface area contributed by atoms with E-state index in [-0.39, 0.29) is 0 Å². The Morgan fingerprint density at radius 1 is 0.897 bits per heavy atom. The molecule has 29 heavy (non-hydrogen) atoms. The van der Waals surface area contributed by atoms with Gasteiger partial charge in [0.2, 0.25) is 0 Å². The van der Waals surface area contributed by atoms with Crippen LogP contribution in [0.5, 0.6) is 0 Å². The van der Waals surface area contributed by atoms with Crippen LogP contribution in [0.15, 0.2) is 60.7 Å². The van der Waals surface area contributed by atoms with E-state index in [9.17, 15) is 4.79 Å². The van der Waals surface area contributed by atoms with Crippen LogP contribution in [0.3, 0.4) is 0 Å². The van der Waals surface area contributed by atoms with Gasteiger partial charge in [-0.15, -0.1) is 0 Å². The molecule has 164 valence electrons. The molecule has 0 amide bonds. The van der Waals surface area contributed by atoms with E-state index in [1.807, 2.05) is 23.5 Å². The van der Waals surface area contributed by atoms with Crippen molar-refractivity contribution in [2.24, 2.45) is 0 Å². The molecule has 2 aromatic carbocycles. The molecule has 2 nitrogen and oxygen atoms in total. The number of hydrogen-bond acceptors (Lipinski definition) is 3. The minimum absolute atomic E-state index is 0.291. The summed E-state index contributed by atoms with van der Waals surface area (Å²) in [6.07, 6.45) is 4.37. The summed E-state index contributed by atoms with van der Waals surface area (Å²) in [7, 11) is 9.75. The van der Waals surface area contributed by atoms with Gasteiger partial charge in [0, 0.05) is 23.2 Å². The van der Waals surface area contributed by atoms with E-state index in [1.54, 1.807) is 0 Å². The Bertz CT molecular complexity index is 648. The van der Waals surface area contributed by atoms with Crippen molar-refractivity contribution in [1.82, 2.24) is 0 Å². The Hall–Kier alpha value is -0.122. The summed E-state index contributed by atoms with van der Waals surface area (Å²) in [5.41, 5.74) is 2.75. The molecule has 0 saturated heterocycles. The van der Waals surface area contributed by atoms with Crippen molar-refractivity contribution < 1.29 is 26.4 Å². The Morgan fingerprint density at radius 2 is 1.45 bits per heavy atom. The summed E-state index contributed by atoms with van der Waals surface area (Å²) < 4.78 is 0. The van der Waals surface area contributed by atoms with E-state index < -0.39 is 22.5 Å². The number of aliphatic carboxylic acids is 1. The van der Waals surface area contributed by atoms with Gasteiger partial charge in [-0.3, -0.25) is 4.79 Å². The van der Waals surface area contributed by atoms with Crippen molar-refractivity contribution in [1.29, 1.82) is 0 Å². The SMILES string of the molecule is O=C(O)CCCCC(CCSCc1ccccc1)SCc1ccccc1.[Cl][Pt][Cl]. The number of unbranched alkanes of at least 4 members (excludes halogenated alkanes) is 1. The molecule has 7 heteroatoms. The van der Waals surface area contributed by atoms with Crippen LogP contribution in [-0.2, 0) is 32.8 Å². The maximum atomic E-state index is 10.7. The predicted octanol–water partition coefficient (Wildman–Crippen LogP) is 7.63. The molecule has 0 radical (unpaired) electrons. The molecule has 1 N–H and O–H groups in total. The molecule has 0 spiro atoms. The monoisotopic (exact) mass is 653 g/mol. The summed E-state index contributed by atoms with van der Waals surface area (Å²) in [6, 6.07) is 21.2. The Morgan fingerprint density at radius 3 is 2.00 bits per heavy atom. The Balaban J connectivity index is 0.00000132. The van der Waals surface area contributed by atoms with Crippen LogP contribution in [0.1, 0.15) is 43.2 Å². The molecule has 0 aliphatic rings. The normalized spacial score (nSPS) is 11.5. The maximum absolute atomic E-state index is 10.7. The molecule has 0 saturated carbocycles. The first-order valence-electron chi connectivity index (χ1n) is 9.47. The van der Waals surface area contributed by atoms with Gasteiger partial charge >= 0.3 is 41.3 Å². The van der Waals surface area contributed by atoms with Crippen LogP contribution in [0.25, 0.3) is 0 Å². The van der Waals surface area contributed by atoms with E-state index in [0.29, 0.717) is 11.7 Å². The quantitative estimate of drug-likeness (QED) is 0.226. The third-order valence-electron chi connectivity index (χ3n) is 4.19. The van der Waals surface area contributed by atoms with Gasteiger partial charge in [-0.25, -0.2) is 0 Å². The van der Waals surface area contributed by atoms with Gasteiger partial charge in [-0.05, 0) is 36.1 Å². The number of benzene rings is 2. The van der Waals surface area contributed by atoms with Crippen molar-refractivity contribution in [3.05, 3.63) is 71.8 Å². The number of carbonyl (C=O) groups is 1. The molecule has 0 aliphatic carbocycles. The number of thioether (sulfide) groups is 2. The predicted molar refractivity (Wildman–Crippen MR) is 127 cm³/mol. The van der Waals surface area contributed by atoms with E-state index in [4.69, 9.17) is 23.9 Å². The van der Waals surface area contributed by atoms with E-state index in [2.05, 4.69) is 60.7 Å². The van der Waals surface area contributed by atoms with E-state index in [1.165, 1.54) is 17.5 Å². The molecule has 0 aliphatic heterocycles. The second kappa shape index (κ2) is 18.6. The van der Waals surface area contributed by atoms with Gasteiger partial charge in [-0.1, -0.05) is 67.1 Å². The molecule has 1 atom stereocenters. The summed E-state index contributed by atoms with van der Waals surface area (Å²) in [4.78, 5) is 10.7. The van der Waals surface area contributed by atoms with Crippen LogP contribution in [0, 0.1) is 0 Å². The summed E-state index contributed by atoms with van der Waals surface area (Å²) >= 11 is 3.54. The van der Waals surface area contributed by atoms with Crippen molar-refractivity contribution in [3.63, 3.8) is 0 Å². The fraction of sp³-hybridized carbons (Fsp3) is 0.409. The summed E-state index contributed by atoms with van der Waals surface area (Å²) in [5.74, 6) is 2.57. The van der Waals surface area contributed by atoms with Crippen LogP contribution >= 0.6 is 42.4 Å². The third-order valence-corrected chi connectivity index (χ3v) is 6.70. The molecule has 2 rings (SSSR count). The van der Waals surface area contributed by atoms with Crippen LogP contribution in [0.2, 0.25) is 0 Å². The number of carboxylic acid groups (broad SMARTS) is 1. The Kier molecular flexibility index (Phi) is 17.3. The second-order valence-corrected chi connectivity index (χ2v) is 12.1. The summed E-state index contributed by atoms with van der Waals surface area (Å²) in [5, 5.41) is 9.41. The molecule has 0 aromatic heterocycles. The minimum atomic E-state index is -0.683. The number of hydrogen-bond donors (Lipinski definition) is 1. The molecular weight excluding hydrogens is 626 g/mol. The van der Waals surface area contributed by atoms with E-state index >= 15 is 0 Å². The van der Waals surface area contributed by atoms with Crippen LogP contribution in [0.4, 0.5) is 0 Å². The van der Waals surface area contributed by atoms with Crippen LogP contribution < -0.4 is 0 Å².